The fourth-order valence-electron chi connectivity index (χ4n) is 5.33. The van der Waals surface area contributed by atoms with Crippen LogP contribution in [0.25, 0.3) is 0 Å². The van der Waals surface area contributed by atoms with Gasteiger partial charge >= 0.3 is 11.9 Å². The molecule has 1 N–H and O–H groups in total. The Hall–Kier alpha value is -3.37. The molecule has 0 aromatic carbocycles. The Morgan fingerprint density at radius 2 is 1.08 bits per heavy atom. The molecule has 0 aliphatic carbocycles. The van der Waals surface area contributed by atoms with Gasteiger partial charge in [-0.25, -0.2) is 0 Å². The highest BCUT2D eigenvalue weighted by atomic mass is 31.2. The summed E-state index contributed by atoms with van der Waals surface area (Å²) in [6.45, 7) is 3.77. The molecular weight excluding hydrogens is 790 g/mol. The lowest BCUT2D eigenvalue weighted by Gasteiger charge is -2.28. The second-order valence-electron chi connectivity index (χ2n) is 15.9. The number of hydrogen-bond donors (Lipinski definition) is 1. The van der Waals surface area contributed by atoms with Crippen LogP contribution < -0.4 is 4.89 Å². The fraction of sp³-hybridized carbons (Fsp3) is 0.600. The minimum absolute atomic E-state index is 0.0592. The molecule has 0 aromatic heterocycles. The molecule has 0 spiro atoms. The van der Waals surface area contributed by atoms with Gasteiger partial charge in [0, 0.05) is 12.8 Å². The third-order valence-corrected chi connectivity index (χ3v) is 9.80. The van der Waals surface area contributed by atoms with Crippen LogP contribution in [-0.2, 0) is 32.7 Å². The summed E-state index contributed by atoms with van der Waals surface area (Å²) in [4.78, 5) is 37.6. The van der Waals surface area contributed by atoms with E-state index < -0.39 is 32.5 Å². The van der Waals surface area contributed by atoms with Crippen LogP contribution in [0.1, 0.15) is 136 Å². The van der Waals surface area contributed by atoms with E-state index in [4.69, 9.17) is 18.5 Å². The average Bonchev–Trinajstić information content (AvgIpc) is 3.20. The van der Waals surface area contributed by atoms with Crippen molar-refractivity contribution in [2.45, 2.75) is 148 Å². The second kappa shape index (κ2) is 40.7. The first-order chi connectivity index (χ1) is 29.4. The first kappa shape index (κ1) is 57.6. The number of esters is 2. The first-order valence-corrected chi connectivity index (χ1v) is 24.1. The zero-order chi connectivity index (χ0) is 45.1. The maximum absolute atomic E-state index is 12.7. The molecule has 10 nitrogen and oxygen atoms in total. The molecule has 0 aromatic rings. The van der Waals surface area contributed by atoms with Crippen molar-refractivity contribution in [3.8, 4) is 0 Å². The van der Waals surface area contributed by atoms with Crippen LogP contribution >= 0.6 is 7.82 Å². The Morgan fingerprint density at radius 1 is 0.607 bits per heavy atom. The van der Waals surface area contributed by atoms with Gasteiger partial charge < -0.3 is 33.0 Å². The summed E-state index contributed by atoms with van der Waals surface area (Å²) in [5, 5.41) is 9.74. The van der Waals surface area contributed by atoms with Gasteiger partial charge in [0.2, 0.25) is 0 Å². The van der Waals surface area contributed by atoms with Crippen molar-refractivity contribution < 1.29 is 47.2 Å². The lowest BCUT2D eigenvalue weighted by Crippen LogP contribution is -2.37. The number of ether oxygens (including phenoxy) is 2. The van der Waals surface area contributed by atoms with Gasteiger partial charge in [-0.05, 0) is 96.3 Å². The molecular formula is C50H82NO9P. The van der Waals surface area contributed by atoms with E-state index >= 15 is 0 Å². The molecule has 0 radical (unpaired) electrons. The zero-order valence-electron chi connectivity index (χ0n) is 38.4. The Bertz CT molecular complexity index is 1420. The van der Waals surface area contributed by atoms with Crippen molar-refractivity contribution in [1.82, 2.24) is 0 Å². The summed E-state index contributed by atoms with van der Waals surface area (Å²) in [5.74, 6) is -0.971. The van der Waals surface area contributed by atoms with Crippen molar-refractivity contribution in [3.05, 3.63) is 109 Å². The van der Waals surface area contributed by atoms with Gasteiger partial charge in [0.15, 0.2) is 6.10 Å². The van der Waals surface area contributed by atoms with Gasteiger partial charge in [0.05, 0.1) is 33.9 Å². The van der Waals surface area contributed by atoms with Crippen LogP contribution in [0.5, 0.6) is 0 Å². The Kier molecular flexibility index (Phi) is 38.4. The molecule has 11 heteroatoms. The summed E-state index contributed by atoms with van der Waals surface area (Å²) in [5.41, 5.74) is 0. The number of hydrogen-bond acceptors (Lipinski definition) is 9. The van der Waals surface area contributed by atoms with Gasteiger partial charge in [-0.2, -0.15) is 0 Å². The number of nitrogens with zero attached hydrogens (tertiary/aromatic N) is 1. The molecule has 0 fully saturated rings. The molecule has 346 valence electrons. The van der Waals surface area contributed by atoms with E-state index in [1.165, 1.54) is 0 Å². The van der Waals surface area contributed by atoms with Gasteiger partial charge in [0.1, 0.15) is 19.8 Å². The topological polar surface area (TPSA) is 131 Å². The number of rotatable bonds is 39. The minimum Gasteiger partial charge on any atom is -0.756 e. The quantitative estimate of drug-likeness (QED) is 0.0211. The number of phosphoric acid groups is 1. The number of phosphoric ester groups is 1. The third-order valence-electron chi connectivity index (χ3n) is 8.83. The average molecular weight is 872 g/mol. The highest BCUT2D eigenvalue weighted by Gasteiger charge is 2.21. The van der Waals surface area contributed by atoms with E-state index in [9.17, 15) is 24.2 Å². The highest BCUT2D eigenvalue weighted by molar-refractivity contribution is 7.45. The van der Waals surface area contributed by atoms with Crippen molar-refractivity contribution >= 4 is 19.8 Å². The predicted octanol–water partition coefficient (Wildman–Crippen LogP) is 11.5. The molecule has 3 atom stereocenters. The summed E-state index contributed by atoms with van der Waals surface area (Å²) in [7, 11) is 1.07. The van der Waals surface area contributed by atoms with Crippen LogP contribution in [0.3, 0.4) is 0 Å². The molecule has 0 aliphatic rings. The summed E-state index contributed by atoms with van der Waals surface area (Å²) in [6, 6.07) is 0. The lowest BCUT2D eigenvalue weighted by atomic mass is 10.1. The zero-order valence-corrected chi connectivity index (χ0v) is 39.3. The molecule has 0 saturated heterocycles. The van der Waals surface area contributed by atoms with Crippen molar-refractivity contribution in [2.24, 2.45) is 0 Å². The van der Waals surface area contributed by atoms with E-state index in [2.05, 4.69) is 111 Å². The number of aliphatic hydroxyl groups is 1. The number of likely N-dealkylation sites (N-methyl/N-ethyl adjacent to an activating group) is 1. The smallest absolute Gasteiger partial charge is 0.306 e. The van der Waals surface area contributed by atoms with Gasteiger partial charge in [-0.15, -0.1) is 0 Å². The summed E-state index contributed by atoms with van der Waals surface area (Å²) in [6.07, 6.45) is 51.9. The van der Waals surface area contributed by atoms with Crippen LogP contribution in [0.2, 0.25) is 0 Å². The van der Waals surface area contributed by atoms with Crippen molar-refractivity contribution in [1.29, 1.82) is 0 Å². The largest absolute Gasteiger partial charge is 0.756 e. The minimum atomic E-state index is -4.67. The molecule has 0 saturated carbocycles. The summed E-state index contributed by atoms with van der Waals surface area (Å²) < 4.78 is 33.8. The van der Waals surface area contributed by atoms with E-state index in [0.717, 1.165) is 83.5 Å². The Labute approximate surface area is 370 Å². The molecule has 2 unspecified atom stereocenters. The Morgan fingerprint density at radius 3 is 1.59 bits per heavy atom. The molecule has 0 amide bonds. The van der Waals surface area contributed by atoms with Crippen molar-refractivity contribution in [3.63, 3.8) is 0 Å². The first-order valence-electron chi connectivity index (χ1n) is 22.7. The fourth-order valence-corrected chi connectivity index (χ4v) is 6.06. The normalized spacial score (nSPS) is 15.1. The Balaban J connectivity index is 4.55. The summed E-state index contributed by atoms with van der Waals surface area (Å²) >= 11 is 0. The van der Waals surface area contributed by atoms with Crippen molar-refractivity contribution in [2.75, 3.05) is 47.5 Å². The van der Waals surface area contributed by atoms with Crippen LogP contribution in [-0.4, -0.2) is 81.2 Å². The number of carbonyl (C=O) groups is 2. The maximum Gasteiger partial charge on any atom is 0.306 e. The van der Waals surface area contributed by atoms with E-state index in [1.807, 2.05) is 33.3 Å². The van der Waals surface area contributed by atoms with E-state index in [0.29, 0.717) is 36.7 Å². The maximum atomic E-state index is 12.7. The second-order valence-corrected chi connectivity index (χ2v) is 17.3. The van der Waals surface area contributed by atoms with E-state index in [1.54, 1.807) is 0 Å². The molecule has 0 aliphatic heterocycles. The number of aliphatic hydroxyl groups excluding tert-OH is 1. The van der Waals surface area contributed by atoms with Gasteiger partial charge in [-0.1, -0.05) is 136 Å². The predicted molar refractivity (Wildman–Crippen MR) is 251 cm³/mol. The molecule has 0 rings (SSSR count). The number of quaternary nitrogens is 1. The molecule has 0 bridgehead atoms. The van der Waals surface area contributed by atoms with Gasteiger partial charge in [0.25, 0.3) is 7.82 Å². The molecule has 61 heavy (non-hydrogen) atoms. The van der Waals surface area contributed by atoms with Crippen LogP contribution in [0.4, 0.5) is 0 Å². The monoisotopic (exact) mass is 872 g/mol. The lowest BCUT2D eigenvalue weighted by molar-refractivity contribution is -0.870. The SMILES string of the molecule is CC/C=C\C/C=C\C/C=C\C/C=C\C/C=C\CCCCCC(=O)O[C@H](COC(=O)CCC/C=C\C/C=C\C/C=C\C/C=C\CC(O)CCC)COP(=O)([O-])OCC[N+](C)(C)C. The number of allylic oxidation sites excluding steroid dienone is 17. The number of carbonyl (C=O) groups excluding carboxylic acids is 2. The molecule has 0 heterocycles. The highest BCUT2D eigenvalue weighted by Crippen LogP contribution is 2.38. The van der Waals surface area contributed by atoms with Crippen LogP contribution in [0, 0.1) is 0 Å². The van der Waals surface area contributed by atoms with Crippen LogP contribution in [0.15, 0.2) is 109 Å². The number of unbranched alkanes of at least 4 members (excludes halogenated alkanes) is 4. The standard InChI is InChI=1S/C50H82NO9P/c1-6-8-9-10-11-12-13-14-15-16-17-18-19-22-26-29-32-35-38-42-50(54)60-48(46-59-61(55,56)58-44-43-51(3,4)5)45-57-49(53)41-37-34-31-28-25-23-20-21-24-27-30-33-36-40-47(52)39-7-2/h8-9,11-12,14-15,17-18,20,22-24,26-28,31,33,36,47-48,52H,6-7,10,13,16,19,21,25,29-30,32,34-35,37-46H2,1-5H3/b9-8-,12-11-,15-14-,18-17-,23-20-,26-22-,27-24-,31-28-,36-33-/t47?,48-/m1/s1. The third kappa shape index (κ3) is 44.5. The van der Waals surface area contributed by atoms with Gasteiger partial charge in [-0.3, -0.25) is 14.2 Å². The van der Waals surface area contributed by atoms with E-state index in [-0.39, 0.29) is 32.2 Å².